The largest absolute Gasteiger partial charge is 0.469 e. The number of anilines is 2. The molecule has 0 aliphatic heterocycles. The lowest BCUT2D eigenvalue weighted by Gasteiger charge is -2.09. The first-order chi connectivity index (χ1) is 7.15. The molecule has 0 unspecified atom stereocenters. The Morgan fingerprint density at radius 3 is 3.00 bits per heavy atom. The average molecular weight is 229 g/mol. The minimum absolute atomic E-state index is 0.261. The van der Waals surface area contributed by atoms with Crippen LogP contribution in [0.5, 0.6) is 0 Å². The zero-order valence-corrected chi connectivity index (χ0v) is 9.17. The van der Waals surface area contributed by atoms with Gasteiger partial charge < -0.3 is 15.8 Å². The molecule has 0 amide bonds. The van der Waals surface area contributed by atoms with Gasteiger partial charge in [0.05, 0.1) is 29.9 Å². The molecule has 3 N–H and O–H groups in total. The Bertz CT molecular complexity index is 355. The van der Waals surface area contributed by atoms with E-state index in [2.05, 4.69) is 10.1 Å². The van der Waals surface area contributed by atoms with Crippen molar-refractivity contribution in [3.8, 4) is 0 Å². The molecule has 0 spiro atoms. The van der Waals surface area contributed by atoms with Crippen LogP contribution in [0.2, 0.25) is 5.02 Å². The molecule has 15 heavy (non-hydrogen) atoms. The summed E-state index contributed by atoms with van der Waals surface area (Å²) >= 11 is 5.83. The minimum Gasteiger partial charge on any atom is -0.469 e. The summed E-state index contributed by atoms with van der Waals surface area (Å²) in [5.74, 6) is -0.261. The van der Waals surface area contributed by atoms with E-state index in [9.17, 15) is 4.79 Å². The zero-order valence-electron chi connectivity index (χ0n) is 8.42. The van der Waals surface area contributed by atoms with Gasteiger partial charge in [-0.15, -0.1) is 0 Å². The highest BCUT2D eigenvalue weighted by molar-refractivity contribution is 6.33. The van der Waals surface area contributed by atoms with E-state index >= 15 is 0 Å². The molecule has 0 bridgehead atoms. The highest BCUT2D eigenvalue weighted by Gasteiger charge is 2.03. The Balaban J connectivity index is 2.51. The normalized spacial score (nSPS) is 9.73. The highest BCUT2D eigenvalue weighted by atomic mass is 35.5. The van der Waals surface area contributed by atoms with Gasteiger partial charge in [-0.2, -0.15) is 0 Å². The number of benzene rings is 1. The molecular formula is C10H13ClN2O2. The molecule has 0 heterocycles. The number of nitrogens with one attached hydrogen (secondary N) is 1. The van der Waals surface area contributed by atoms with E-state index in [1.807, 2.05) is 0 Å². The number of nitrogens with two attached hydrogens (primary N) is 1. The van der Waals surface area contributed by atoms with Gasteiger partial charge in [-0.05, 0) is 12.1 Å². The van der Waals surface area contributed by atoms with E-state index < -0.39 is 0 Å². The van der Waals surface area contributed by atoms with Gasteiger partial charge in [-0.25, -0.2) is 0 Å². The van der Waals surface area contributed by atoms with Crippen molar-refractivity contribution in [1.29, 1.82) is 0 Å². The molecule has 0 fully saturated rings. The van der Waals surface area contributed by atoms with Gasteiger partial charge in [0.15, 0.2) is 0 Å². The minimum atomic E-state index is -0.261. The summed E-state index contributed by atoms with van der Waals surface area (Å²) in [6.07, 6.45) is 0.294. The zero-order chi connectivity index (χ0) is 11.3. The van der Waals surface area contributed by atoms with Crippen LogP contribution in [0, 0.1) is 0 Å². The summed E-state index contributed by atoms with van der Waals surface area (Å²) in [5.41, 5.74) is 6.94. The van der Waals surface area contributed by atoms with Gasteiger partial charge in [0.1, 0.15) is 0 Å². The number of esters is 1. The van der Waals surface area contributed by atoms with Crippen molar-refractivity contribution in [2.24, 2.45) is 0 Å². The van der Waals surface area contributed by atoms with E-state index in [0.717, 1.165) is 5.69 Å². The molecule has 5 heteroatoms. The predicted molar refractivity (Wildman–Crippen MR) is 61.0 cm³/mol. The first-order valence-corrected chi connectivity index (χ1v) is 4.87. The Hall–Kier alpha value is -1.42. The van der Waals surface area contributed by atoms with Crippen molar-refractivity contribution >= 4 is 28.9 Å². The summed E-state index contributed by atoms with van der Waals surface area (Å²) in [5, 5.41) is 3.51. The van der Waals surface area contributed by atoms with Crippen LogP contribution in [0.1, 0.15) is 6.42 Å². The van der Waals surface area contributed by atoms with E-state index in [1.54, 1.807) is 18.2 Å². The van der Waals surface area contributed by atoms with Crippen LogP contribution in [0.3, 0.4) is 0 Å². The van der Waals surface area contributed by atoms with Crippen molar-refractivity contribution in [1.82, 2.24) is 0 Å². The van der Waals surface area contributed by atoms with Crippen molar-refractivity contribution < 1.29 is 9.53 Å². The van der Waals surface area contributed by atoms with Crippen molar-refractivity contribution in [3.63, 3.8) is 0 Å². The second-order valence-corrected chi connectivity index (χ2v) is 3.36. The maximum absolute atomic E-state index is 10.8. The average Bonchev–Trinajstić information content (AvgIpc) is 2.24. The fourth-order valence-electron chi connectivity index (χ4n) is 1.09. The summed E-state index contributed by atoms with van der Waals surface area (Å²) in [6.45, 7) is 0.469. The first kappa shape index (κ1) is 11.7. The SMILES string of the molecule is COC(=O)CCNc1cccc(Cl)c1N. The number of rotatable bonds is 4. The van der Waals surface area contributed by atoms with E-state index in [0.29, 0.717) is 23.7 Å². The Morgan fingerprint density at radius 2 is 2.33 bits per heavy atom. The number of carbonyl (C=O) groups is 1. The third kappa shape index (κ3) is 3.32. The van der Waals surface area contributed by atoms with Gasteiger partial charge in [-0.1, -0.05) is 17.7 Å². The monoisotopic (exact) mass is 228 g/mol. The number of para-hydroxylation sites is 1. The third-order valence-corrected chi connectivity index (χ3v) is 2.25. The van der Waals surface area contributed by atoms with Gasteiger partial charge >= 0.3 is 5.97 Å². The molecule has 0 radical (unpaired) electrons. The fourth-order valence-corrected chi connectivity index (χ4v) is 1.27. The number of hydrogen-bond donors (Lipinski definition) is 2. The van der Waals surface area contributed by atoms with E-state index in [1.165, 1.54) is 7.11 Å². The lowest BCUT2D eigenvalue weighted by atomic mass is 10.2. The molecule has 1 rings (SSSR count). The maximum Gasteiger partial charge on any atom is 0.307 e. The molecule has 1 aromatic carbocycles. The Labute approximate surface area is 93.4 Å². The summed E-state index contributed by atoms with van der Waals surface area (Å²) in [7, 11) is 1.36. The molecule has 4 nitrogen and oxygen atoms in total. The van der Waals surface area contributed by atoms with Crippen LogP contribution in [-0.2, 0) is 9.53 Å². The van der Waals surface area contributed by atoms with Gasteiger partial charge in [0.2, 0.25) is 0 Å². The fraction of sp³-hybridized carbons (Fsp3) is 0.300. The van der Waals surface area contributed by atoms with Crippen molar-refractivity contribution in [3.05, 3.63) is 23.2 Å². The van der Waals surface area contributed by atoms with E-state index in [-0.39, 0.29) is 5.97 Å². The lowest BCUT2D eigenvalue weighted by molar-refractivity contribution is -0.140. The smallest absolute Gasteiger partial charge is 0.307 e. The third-order valence-electron chi connectivity index (χ3n) is 1.93. The molecule has 0 saturated heterocycles. The van der Waals surface area contributed by atoms with Crippen LogP contribution in [0.15, 0.2) is 18.2 Å². The van der Waals surface area contributed by atoms with Gasteiger partial charge in [0.25, 0.3) is 0 Å². The molecular weight excluding hydrogens is 216 g/mol. The van der Waals surface area contributed by atoms with Crippen LogP contribution >= 0.6 is 11.6 Å². The lowest BCUT2D eigenvalue weighted by Crippen LogP contribution is -2.10. The molecule has 1 aromatic rings. The standard InChI is InChI=1S/C10H13ClN2O2/c1-15-9(14)5-6-13-8-4-2-3-7(11)10(8)12/h2-4,13H,5-6,12H2,1H3. The number of nitrogen functional groups attached to an aromatic ring is 1. The molecule has 0 atom stereocenters. The van der Waals surface area contributed by atoms with Crippen LogP contribution in [0.4, 0.5) is 11.4 Å². The number of carbonyl (C=O) groups excluding carboxylic acids is 1. The number of halogens is 1. The second kappa shape index (κ2) is 5.46. The van der Waals surface area contributed by atoms with Crippen LogP contribution < -0.4 is 11.1 Å². The summed E-state index contributed by atoms with van der Waals surface area (Å²) in [6, 6.07) is 5.31. The first-order valence-electron chi connectivity index (χ1n) is 4.50. The van der Waals surface area contributed by atoms with Crippen molar-refractivity contribution in [2.45, 2.75) is 6.42 Å². The van der Waals surface area contributed by atoms with Crippen LogP contribution in [0.25, 0.3) is 0 Å². The number of methoxy groups -OCH3 is 1. The second-order valence-electron chi connectivity index (χ2n) is 2.95. The number of hydrogen-bond acceptors (Lipinski definition) is 4. The number of ether oxygens (including phenoxy) is 1. The van der Waals surface area contributed by atoms with Crippen molar-refractivity contribution in [2.75, 3.05) is 24.7 Å². The van der Waals surface area contributed by atoms with Gasteiger partial charge in [0, 0.05) is 6.54 Å². The maximum atomic E-state index is 10.8. The summed E-state index contributed by atoms with van der Waals surface area (Å²) < 4.78 is 4.51. The van der Waals surface area contributed by atoms with E-state index in [4.69, 9.17) is 17.3 Å². The predicted octanol–water partition coefficient (Wildman–Crippen LogP) is 1.90. The molecule has 0 saturated carbocycles. The van der Waals surface area contributed by atoms with Crippen LogP contribution in [-0.4, -0.2) is 19.6 Å². The molecule has 0 aliphatic rings. The Kier molecular flexibility index (Phi) is 4.24. The molecule has 0 aliphatic carbocycles. The molecule has 0 aromatic heterocycles. The quantitative estimate of drug-likeness (QED) is 0.610. The topological polar surface area (TPSA) is 64.3 Å². The highest BCUT2D eigenvalue weighted by Crippen LogP contribution is 2.26. The van der Waals surface area contributed by atoms with Gasteiger partial charge in [-0.3, -0.25) is 4.79 Å². The Morgan fingerprint density at radius 1 is 1.60 bits per heavy atom. The summed E-state index contributed by atoms with van der Waals surface area (Å²) in [4.78, 5) is 10.8. The molecule has 82 valence electrons.